The average molecular weight is 1200 g/mol. The normalized spacial score (nSPS) is 13.2. The number of aliphatic hydroxyl groups excluding tert-OH is 2. The minimum Gasteiger partial charge on any atom is -0.450 e. The molecule has 0 saturated heterocycles. The van der Waals surface area contributed by atoms with Gasteiger partial charge >= 0.3 is 24.6 Å². The summed E-state index contributed by atoms with van der Waals surface area (Å²) in [6, 6.07) is 0. The molecule has 8 atom stereocenters. The Hall–Kier alpha value is -3.25. The summed E-state index contributed by atoms with van der Waals surface area (Å²) in [5.74, 6) is 0. The molecule has 0 aromatic heterocycles. The van der Waals surface area contributed by atoms with E-state index in [1.807, 2.05) is 0 Å². The monoisotopic (exact) mass is 1200 g/mol. The smallest absolute Gasteiger partial charge is 0.450 e. The second-order valence-corrected chi connectivity index (χ2v) is 19.5. The van der Waals surface area contributed by atoms with E-state index in [9.17, 15) is 14.4 Å². The van der Waals surface area contributed by atoms with Crippen LogP contribution >= 0.6 is 0 Å². The molecule has 0 fully saturated rings. The molecule has 0 aliphatic heterocycles. The van der Waals surface area contributed by atoms with Gasteiger partial charge in [-0.2, -0.15) is 9.59 Å². The molecule has 0 aromatic rings. The summed E-state index contributed by atoms with van der Waals surface area (Å²) in [6.07, 6.45) is 12.9. The van der Waals surface area contributed by atoms with Gasteiger partial charge in [-0.1, -0.05) is 107 Å². The highest BCUT2D eigenvalue weighted by Crippen LogP contribution is 2.04. The first-order valence-corrected chi connectivity index (χ1v) is 30.4. The second kappa shape index (κ2) is 79.8. The van der Waals surface area contributed by atoms with Crippen LogP contribution in [-0.4, -0.2) is 200 Å². The molecule has 0 heterocycles. The van der Waals surface area contributed by atoms with Gasteiger partial charge in [-0.25, -0.2) is 14.4 Å². The zero-order valence-electron chi connectivity index (χ0n) is 54.4. The number of hydrogen-bond donors (Lipinski definition) is 4. The number of ether oxygens (including phenoxy) is 13. The summed E-state index contributed by atoms with van der Waals surface area (Å²) in [4.78, 5) is 47.8. The molecule has 0 spiro atoms. The van der Waals surface area contributed by atoms with Crippen molar-refractivity contribution in [2.45, 2.75) is 262 Å². The highest BCUT2D eigenvalue weighted by atomic mass is 16.7. The number of carbonyl (C=O) groups is 3. The van der Waals surface area contributed by atoms with Crippen molar-refractivity contribution in [3.05, 3.63) is 0 Å². The van der Waals surface area contributed by atoms with E-state index in [1.54, 1.807) is 41.5 Å². The van der Waals surface area contributed by atoms with Gasteiger partial charge in [-0.15, -0.1) is 0 Å². The van der Waals surface area contributed by atoms with Crippen LogP contribution in [0.2, 0.25) is 0 Å². The van der Waals surface area contributed by atoms with Crippen molar-refractivity contribution < 1.29 is 106 Å². The predicted molar refractivity (Wildman–Crippen MR) is 318 cm³/mol. The lowest BCUT2D eigenvalue weighted by atomic mass is 10.3. The van der Waals surface area contributed by atoms with E-state index < -0.39 is 18.5 Å². The molecule has 8 unspecified atom stereocenters. The molecule has 0 aromatic carbocycles. The Morgan fingerprint density at radius 2 is 0.488 bits per heavy atom. The molecule has 0 radical (unpaired) electrons. The molecule has 0 amide bonds. The van der Waals surface area contributed by atoms with Crippen molar-refractivity contribution in [1.82, 2.24) is 0 Å². The van der Waals surface area contributed by atoms with Crippen LogP contribution < -0.4 is 0 Å². The number of aliphatic hydroxyl groups is 2. The van der Waals surface area contributed by atoms with E-state index in [0.717, 1.165) is 116 Å². The fourth-order valence-electron chi connectivity index (χ4n) is 5.29. The van der Waals surface area contributed by atoms with Crippen LogP contribution in [0.1, 0.15) is 214 Å². The quantitative estimate of drug-likeness (QED) is 0.0250. The molecule has 82 heavy (non-hydrogen) atoms. The van der Waals surface area contributed by atoms with Crippen molar-refractivity contribution >= 4 is 24.6 Å². The standard InChI is InChI=1S/C15H30O5.C14H30O3.2C8H16O4.2C7H16O2.CO2/c1-5-7-9-17-11-13(3)19-15(16)20-14(4)12-18-10-8-6-2;1-5-7-9-15-11-13(3)17-14(4)12-16-10-8-6-2;2*1-3-4-5-11-6-7(2)12-8(9)10;2*1-3-4-5-9-6-7(2)8;2-1-3/h13-14H,5-12H2,1-4H3;13-14H,5-12H2,1-4H3;2*7H,3-6H2,1-2H3,(H,9,10);2*7-8H,3-6H2,1-2H3;. The highest BCUT2D eigenvalue weighted by molar-refractivity contribution is 5.60. The molecule has 496 valence electrons. The van der Waals surface area contributed by atoms with E-state index in [0.29, 0.717) is 79.3 Å². The summed E-state index contributed by atoms with van der Waals surface area (Å²) in [7, 11) is 0. The van der Waals surface area contributed by atoms with E-state index in [1.165, 1.54) is 12.8 Å². The number of carbonyl (C=O) groups excluding carboxylic acids is 3. The van der Waals surface area contributed by atoms with Gasteiger partial charge < -0.3 is 82.0 Å². The van der Waals surface area contributed by atoms with Gasteiger partial charge in [0.05, 0.1) is 77.3 Å². The Kier molecular flexibility index (Phi) is 90.0. The van der Waals surface area contributed by atoms with Crippen LogP contribution in [0.5, 0.6) is 0 Å². The summed E-state index contributed by atoms with van der Waals surface area (Å²) >= 11 is 0. The summed E-state index contributed by atoms with van der Waals surface area (Å²) < 4.78 is 67.0. The van der Waals surface area contributed by atoms with Gasteiger partial charge in [-0.3, -0.25) is 0 Å². The molecular formula is C60H124O22. The Morgan fingerprint density at radius 1 is 0.317 bits per heavy atom. The first-order chi connectivity index (χ1) is 39.1. The van der Waals surface area contributed by atoms with Crippen molar-refractivity contribution in [1.29, 1.82) is 0 Å². The van der Waals surface area contributed by atoms with Crippen LogP contribution in [0.25, 0.3) is 0 Å². The van der Waals surface area contributed by atoms with Crippen molar-refractivity contribution in [3.8, 4) is 0 Å². The first-order valence-electron chi connectivity index (χ1n) is 30.4. The van der Waals surface area contributed by atoms with Gasteiger partial charge in [0.25, 0.3) is 0 Å². The Bertz CT molecular complexity index is 1180. The van der Waals surface area contributed by atoms with E-state index in [4.69, 9.17) is 82.1 Å². The molecule has 0 aliphatic rings. The molecular weight excluding hydrogens is 1070 g/mol. The lowest BCUT2D eigenvalue weighted by Crippen LogP contribution is -2.26. The van der Waals surface area contributed by atoms with Gasteiger partial charge in [0.1, 0.15) is 24.4 Å². The largest absolute Gasteiger partial charge is 0.508 e. The zero-order chi connectivity index (χ0) is 63.9. The Balaban J connectivity index is -0.000000167. The summed E-state index contributed by atoms with van der Waals surface area (Å²) in [5.41, 5.74) is 0. The van der Waals surface area contributed by atoms with E-state index in [2.05, 4.69) is 78.7 Å². The zero-order valence-corrected chi connectivity index (χ0v) is 54.4. The van der Waals surface area contributed by atoms with Crippen LogP contribution in [-0.2, 0) is 71.2 Å². The lowest BCUT2D eigenvalue weighted by Gasteiger charge is -2.19. The van der Waals surface area contributed by atoms with Crippen LogP contribution in [0.4, 0.5) is 14.4 Å². The predicted octanol–water partition coefficient (Wildman–Crippen LogP) is 12.5. The molecule has 4 N–H and O–H groups in total. The first kappa shape index (κ1) is 92.5. The molecule has 0 bridgehead atoms. The van der Waals surface area contributed by atoms with Crippen LogP contribution in [0.15, 0.2) is 0 Å². The third kappa shape index (κ3) is 105. The van der Waals surface area contributed by atoms with Crippen molar-refractivity contribution in [3.63, 3.8) is 0 Å². The second-order valence-electron chi connectivity index (χ2n) is 19.5. The third-order valence-corrected chi connectivity index (χ3v) is 9.63. The van der Waals surface area contributed by atoms with E-state index >= 15 is 0 Å². The van der Waals surface area contributed by atoms with Crippen LogP contribution in [0.3, 0.4) is 0 Å². The number of unbranched alkanes of at least 4 members (excludes halogenated alkanes) is 8. The molecule has 22 heteroatoms. The minimum absolute atomic E-state index is 0.150. The van der Waals surface area contributed by atoms with Gasteiger partial charge in [0, 0.05) is 52.9 Å². The molecule has 0 aliphatic carbocycles. The fraction of sp³-hybridized carbons (Fsp3) is 0.933. The number of rotatable bonds is 46. The van der Waals surface area contributed by atoms with Gasteiger partial charge in [0.15, 0.2) is 0 Å². The number of carboxylic acid groups (broad SMARTS) is 2. The van der Waals surface area contributed by atoms with Crippen molar-refractivity contribution in [2.24, 2.45) is 0 Å². The Morgan fingerprint density at radius 3 is 0.659 bits per heavy atom. The third-order valence-electron chi connectivity index (χ3n) is 9.63. The average Bonchev–Trinajstić information content (AvgIpc) is 3.40. The van der Waals surface area contributed by atoms with Crippen LogP contribution in [0, 0.1) is 0 Å². The lowest BCUT2D eigenvalue weighted by molar-refractivity contribution is -0.191. The molecule has 0 saturated carbocycles. The topological polar surface area (TPSA) is 286 Å². The fourth-order valence-corrected chi connectivity index (χ4v) is 5.29. The molecule has 0 rings (SSSR count). The van der Waals surface area contributed by atoms with E-state index in [-0.39, 0.29) is 55.0 Å². The maximum absolute atomic E-state index is 11.5. The SMILES string of the molecule is CCCCOCC(C)O.CCCCOCC(C)O.CCCCOCC(C)OC(=O)O.CCCCOCC(C)OC(=O)O.CCCCOCC(C)OC(=O)OC(C)COCCCC.CCCCOCC(C)OC(C)COCCCC.O=C=O. The van der Waals surface area contributed by atoms with Gasteiger partial charge in [0.2, 0.25) is 0 Å². The van der Waals surface area contributed by atoms with Gasteiger partial charge in [-0.05, 0) is 107 Å². The maximum atomic E-state index is 11.5. The van der Waals surface area contributed by atoms with Crippen molar-refractivity contribution in [2.75, 3.05) is 106 Å². The maximum Gasteiger partial charge on any atom is 0.508 e. The highest BCUT2D eigenvalue weighted by Gasteiger charge is 2.15. The summed E-state index contributed by atoms with van der Waals surface area (Å²) in [5, 5.41) is 33.9. The minimum atomic E-state index is -1.25. The number of hydrogen-bond acceptors (Lipinski definition) is 20. The Labute approximate surface area is 497 Å². The summed E-state index contributed by atoms with van der Waals surface area (Å²) in [6.45, 7) is 41.1. The molecule has 22 nitrogen and oxygen atoms in total.